The molecule has 1 amide bonds. The monoisotopic (exact) mass is 315 g/mol. The SMILES string of the molecule is O=C(COc1ccc(Cl)cc1)NC1CCCCC1CCl. The predicted octanol–water partition coefficient (Wildman–Crippen LogP) is 3.63. The summed E-state index contributed by atoms with van der Waals surface area (Å²) in [4.78, 5) is 11.9. The summed E-state index contributed by atoms with van der Waals surface area (Å²) in [6.45, 7) is 0.0210. The van der Waals surface area contributed by atoms with Crippen molar-refractivity contribution in [3.63, 3.8) is 0 Å². The lowest BCUT2D eigenvalue weighted by molar-refractivity contribution is -0.124. The summed E-state index contributed by atoms with van der Waals surface area (Å²) in [5.41, 5.74) is 0. The molecule has 3 nitrogen and oxygen atoms in total. The van der Waals surface area contributed by atoms with Crippen LogP contribution in [-0.2, 0) is 4.79 Å². The number of nitrogens with one attached hydrogen (secondary N) is 1. The molecule has 0 saturated heterocycles. The molecule has 1 aliphatic rings. The van der Waals surface area contributed by atoms with E-state index in [9.17, 15) is 4.79 Å². The number of ether oxygens (including phenoxy) is 1. The second-order valence-electron chi connectivity index (χ2n) is 5.12. The molecule has 0 radical (unpaired) electrons. The quantitative estimate of drug-likeness (QED) is 0.843. The third-order valence-electron chi connectivity index (χ3n) is 3.64. The summed E-state index contributed by atoms with van der Waals surface area (Å²) < 4.78 is 5.43. The molecule has 5 heteroatoms. The van der Waals surface area contributed by atoms with Gasteiger partial charge in [0.2, 0.25) is 0 Å². The molecule has 1 aromatic rings. The highest BCUT2D eigenvalue weighted by Gasteiger charge is 2.25. The van der Waals surface area contributed by atoms with Crippen molar-refractivity contribution in [1.82, 2.24) is 5.32 Å². The van der Waals surface area contributed by atoms with Crippen LogP contribution in [-0.4, -0.2) is 24.4 Å². The second kappa shape index (κ2) is 7.75. The molecule has 1 aromatic carbocycles. The minimum absolute atomic E-state index is 0.0210. The van der Waals surface area contributed by atoms with Crippen molar-refractivity contribution >= 4 is 29.1 Å². The van der Waals surface area contributed by atoms with E-state index in [1.54, 1.807) is 24.3 Å². The summed E-state index contributed by atoms with van der Waals surface area (Å²) in [6, 6.07) is 7.15. The van der Waals surface area contributed by atoms with Crippen LogP contribution in [0, 0.1) is 5.92 Å². The number of halogens is 2. The van der Waals surface area contributed by atoms with Crippen LogP contribution >= 0.6 is 23.2 Å². The molecule has 20 heavy (non-hydrogen) atoms. The lowest BCUT2D eigenvalue weighted by Gasteiger charge is -2.30. The average Bonchev–Trinajstić information content (AvgIpc) is 2.47. The first kappa shape index (κ1) is 15.5. The number of hydrogen-bond donors (Lipinski definition) is 1. The minimum Gasteiger partial charge on any atom is -0.484 e. The van der Waals surface area contributed by atoms with Crippen molar-refractivity contribution in [2.75, 3.05) is 12.5 Å². The van der Waals surface area contributed by atoms with Gasteiger partial charge < -0.3 is 10.1 Å². The molecule has 1 fully saturated rings. The fourth-order valence-electron chi connectivity index (χ4n) is 2.51. The summed E-state index contributed by atoms with van der Waals surface area (Å²) in [5.74, 6) is 1.53. The first-order valence-corrected chi connectivity index (χ1v) is 7.84. The normalized spacial score (nSPS) is 22.3. The first-order chi connectivity index (χ1) is 9.69. The Kier molecular flexibility index (Phi) is 5.99. The van der Waals surface area contributed by atoms with Crippen LogP contribution in [0.3, 0.4) is 0 Å². The molecule has 0 aromatic heterocycles. The molecular formula is C15H19Cl2NO2. The maximum atomic E-state index is 11.9. The van der Waals surface area contributed by atoms with Crippen LogP contribution < -0.4 is 10.1 Å². The fourth-order valence-corrected chi connectivity index (χ4v) is 3.01. The van der Waals surface area contributed by atoms with Crippen LogP contribution in [0.2, 0.25) is 5.02 Å². The first-order valence-electron chi connectivity index (χ1n) is 6.92. The van der Waals surface area contributed by atoms with Gasteiger partial charge in [0.15, 0.2) is 6.61 Å². The van der Waals surface area contributed by atoms with Gasteiger partial charge in [-0.15, -0.1) is 11.6 Å². The van der Waals surface area contributed by atoms with Gasteiger partial charge in [0.1, 0.15) is 5.75 Å². The highest BCUT2D eigenvalue weighted by Crippen LogP contribution is 2.25. The van der Waals surface area contributed by atoms with E-state index in [0.29, 0.717) is 22.6 Å². The lowest BCUT2D eigenvalue weighted by atomic mass is 9.86. The van der Waals surface area contributed by atoms with Crippen molar-refractivity contribution in [1.29, 1.82) is 0 Å². The summed E-state index contributed by atoms with van der Waals surface area (Å²) in [7, 11) is 0. The van der Waals surface area contributed by atoms with Gasteiger partial charge in [-0.25, -0.2) is 0 Å². The van der Waals surface area contributed by atoms with Gasteiger partial charge >= 0.3 is 0 Å². The van der Waals surface area contributed by atoms with Gasteiger partial charge in [0.25, 0.3) is 5.91 Å². The molecule has 2 unspecified atom stereocenters. The lowest BCUT2D eigenvalue weighted by Crippen LogP contribution is -2.44. The summed E-state index contributed by atoms with van der Waals surface area (Å²) in [5, 5.41) is 3.67. The molecule has 1 aliphatic carbocycles. The summed E-state index contributed by atoms with van der Waals surface area (Å²) >= 11 is 11.7. The Bertz CT molecular complexity index is 436. The van der Waals surface area contributed by atoms with Gasteiger partial charge in [-0.2, -0.15) is 0 Å². The number of alkyl halides is 1. The maximum absolute atomic E-state index is 11.9. The van der Waals surface area contributed by atoms with Gasteiger partial charge in [0, 0.05) is 16.9 Å². The molecule has 0 bridgehead atoms. The number of rotatable bonds is 5. The van der Waals surface area contributed by atoms with E-state index in [-0.39, 0.29) is 18.6 Å². The fraction of sp³-hybridized carbons (Fsp3) is 0.533. The highest BCUT2D eigenvalue weighted by atomic mass is 35.5. The number of carbonyl (C=O) groups is 1. The van der Waals surface area contributed by atoms with E-state index in [0.717, 1.165) is 19.3 Å². The molecule has 0 aliphatic heterocycles. The Morgan fingerprint density at radius 2 is 1.95 bits per heavy atom. The molecule has 0 spiro atoms. The van der Waals surface area contributed by atoms with Crippen molar-refractivity contribution in [3.8, 4) is 5.75 Å². The number of carbonyl (C=O) groups excluding carboxylic acids is 1. The Balaban J connectivity index is 1.78. The van der Waals surface area contributed by atoms with Crippen LogP contribution in [0.5, 0.6) is 5.75 Å². The van der Waals surface area contributed by atoms with Gasteiger partial charge in [0.05, 0.1) is 0 Å². The Labute approximate surface area is 129 Å². The smallest absolute Gasteiger partial charge is 0.258 e. The number of hydrogen-bond acceptors (Lipinski definition) is 2. The molecular weight excluding hydrogens is 297 g/mol. The van der Waals surface area contributed by atoms with Crippen molar-refractivity contribution in [2.24, 2.45) is 5.92 Å². The highest BCUT2D eigenvalue weighted by molar-refractivity contribution is 6.30. The zero-order valence-electron chi connectivity index (χ0n) is 11.3. The molecule has 0 heterocycles. The van der Waals surface area contributed by atoms with E-state index in [1.165, 1.54) is 6.42 Å². The van der Waals surface area contributed by atoms with Crippen LogP contribution in [0.15, 0.2) is 24.3 Å². The number of benzene rings is 1. The minimum atomic E-state index is -0.0954. The van der Waals surface area contributed by atoms with Crippen LogP contribution in [0.1, 0.15) is 25.7 Å². The van der Waals surface area contributed by atoms with E-state index < -0.39 is 0 Å². The second-order valence-corrected chi connectivity index (χ2v) is 5.86. The molecule has 110 valence electrons. The van der Waals surface area contributed by atoms with Gasteiger partial charge in [-0.05, 0) is 43.0 Å². The number of amides is 1. The van der Waals surface area contributed by atoms with Crippen molar-refractivity contribution in [3.05, 3.63) is 29.3 Å². The van der Waals surface area contributed by atoms with Crippen molar-refractivity contribution < 1.29 is 9.53 Å². The Morgan fingerprint density at radius 1 is 1.25 bits per heavy atom. The van der Waals surface area contributed by atoms with E-state index in [1.807, 2.05) is 0 Å². The van der Waals surface area contributed by atoms with E-state index in [4.69, 9.17) is 27.9 Å². The third-order valence-corrected chi connectivity index (χ3v) is 4.29. The maximum Gasteiger partial charge on any atom is 0.258 e. The zero-order valence-corrected chi connectivity index (χ0v) is 12.8. The zero-order chi connectivity index (χ0) is 14.4. The Hall–Kier alpha value is -0.930. The van der Waals surface area contributed by atoms with Crippen LogP contribution in [0.25, 0.3) is 0 Å². The van der Waals surface area contributed by atoms with Crippen LogP contribution in [0.4, 0.5) is 0 Å². The largest absolute Gasteiger partial charge is 0.484 e. The molecule has 2 rings (SSSR count). The topological polar surface area (TPSA) is 38.3 Å². The molecule has 1 saturated carbocycles. The van der Waals surface area contributed by atoms with Gasteiger partial charge in [-0.1, -0.05) is 24.4 Å². The standard InChI is InChI=1S/C15H19Cl2NO2/c16-9-11-3-1-2-4-14(11)18-15(19)10-20-13-7-5-12(17)6-8-13/h5-8,11,14H,1-4,9-10H2,(H,18,19). The predicted molar refractivity (Wildman–Crippen MR) is 81.6 cm³/mol. The van der Waals surface area contributed by atoms with E-state index >= 15 is 0 Å². The average molecular weight is 316 g/mol. The third kappa shape index (κ3) is 4.57. The van der Waals surface area contributed by atoms with E-state index in [2.05, 4.69) is 5.32 Å². The Morgan fingerprint density at radius 3 is 2.65 bits per heavy atom. The molecule has 1 N–H and O–H groups in total. The summed E-state index contributed by atoms with van der Waals surface area (Å²) in [6.07, 6.45) is 4.44. The van der Waals surface area contributed by atoms with Crippen molar-refractivity contribution in [2.45, 2.75) is 31.7 Å². The molecule has 2 atom stereocenters. The van der Waals surface area contributed by atoms with Gasteiger partial charge in [-0.3, -0.25) is 4.79 Å².